The number of ketones is 1. The summed E-state index contributed by atoms with van der Waals surface area (Å²) >= 11 is 0. The first-order chi connectivity index (χ1) is 7.00. The Morgan fingerprint density at radius 2 is 1.73 bits per heavy atom. The molecule has 15 heavy (non-hydrogen) atoms. The topological polar surface area (TPSA) is 46.2 Å². The molecule has 80 valence electrons. The third-order valence-corrected chi connectivity index (χ3v) is 1.73. The molecule has 1 aromatic carbocycles. The SMILES string of the molecule is CC(C)NC(=O)C(=O)c1ccc(F)cc1. The molecule has 0 unspecified atom stereocenters. The lowest BCUT2D eigenvalue weighted by Gasteiger charge is -2.06. The summed E-state index contributed by atoms with van der Waals surface area (Å²) < 4.78 is 12.5. The Bertz CT molecular complexity index is 371. The summed E-state index contributed by atoms with van der Waals surface area (Å²) in [5.74, 6) is -1.75. The zero-order valence-corrected chi connectivity index (χ0v) is 8.58. The molecule has 0 atom stereocenters. The average molecular weight is 209 g/mol. The molecule has 0 saturated heterocycles. The Labute approximate surface area is 87.3 Å². The first kappa shape index (κ1) is 11.4. The maximum Gasteiger partial charge on any atom is 0.292 e. The minimum atomic E-state index is -0.670. The minimum Gasteiger partial charge on any atom is -0.347 e. The Kier molecular flexibility index (Phi) is 3.55. The number of Topliss-reactive ketones (excluding diaryl/α,β-unsaturated/α-hetero) is 1. The van der Waals surface area contributed by atoms with Crippen molar-refractivity contribution >= 4 is 11.7 Å². The van der Waals surface area contributed by atoms with E-state index in [9.17, 15) is 14.0 Å². The fourth-order valence-electron chi connectivity index (χ4n) is 1.06. The van der Waals surface area contributed by atoms with Crippen molar-refractivity contribution in [2.45, 2.75) is 19.9 Å². The molecule has 0 spiro atoms. The second-order valence-electron chi connectivity index (χ2n) is 3.46. The third kappa shape index (κ3) is 3.16. The van der Waals surface area contributed by atoms with Gasteiger partial charge < -0.3 is 5.32 Å². The third-order valence-electron chi connectivity index (χ3n) is 1.73. The Hall–Kier alpha value is -1.71. The number of hydrogen-bond donors (Lipinski definition) is 1. The monoisotopic (exact) mass is 209 g/mol. The van der Waals surface area contributed by atoms with E-state index in [4.69, 9.17) is 0 Å². The van der Waals surface area contributed by atoms with Crippen LogP contribution in [0.1, 0.15) is 24.2 Å². The number of amides is 1. The summed E-state index contributed by atoms with van der Waals surface area (Å²) in [6.07, 6.45) is 0. The maximum atomic E-state index is 12.5. The van der Waals surface area contributed by atoms with Gasteiger partial charge in [0.2, 0.25) is 5.78 Å². The Morgan fingerprint density at radius 3 is 2.20 bits per heavy atom. The molecule has 0 bridgehead atoms. The van der Waals surface area contributed by atoms with Gasteiger partial charge in [0.05, 0.1) is 0 Å². The molecule has 0 heterocycles. The molecule has 0 fully saturated rings. The van der Waals surface area contributed by atoms with Gasteiger partial charge in [0.1, 0.15) is 5.82 Å². The zero-order chi connectivity index (χ0) is 11.4. The molecule has 1 aromatic rings. The molecule has 0 aliphatic carbocycles. The van der Waals surface area contributed by atoms with Crippen LogP contribution in [0.3, 0.4) is 0 Å². The van der Waals surface area contributed by atoms with Crippen molar-refractivity contribution in [2.75, 3.05) is 0 Å². The highest BCUT2D eigenvalue weighted by molar-refractivity contribution is 6.42. The van der Waals surface area contributed by atoms with Crippen LogP contribution in [0.4, 0.5) is 4.39 Å². The van der Waals surface area contributed by atoms with E-state index in [0.717, 1.165) is 12.1 Å². The van der Waals surface area contributed by atoms with Crippen molar-refractivity contribution < 1.29 is 14.0 Å². The van der Waals surface area contributed by atoms with Gasteiger partial charge in [-0.3, -0.25) is 9.59 Å². The molecule has 3 nitrogen and oxygen atoms in total. The summed E-state index contributed by atoms with van der Waals surface area (Å²) in [7, 11) is 0. The van der Waals surface area contributed by atoms with E-state index in [1.54, 1.807) is 13.8 Å². The van der Waals surface area contributed by atoms with Gasteiger partial charge in [0.25, 0.3) is 5.91 Å². The van der Waals surface area contributed by atoms with Crippen LogP contribution in [-0.2, 0) is 4.79 Å². The number of benzene rings is 1. The first-order valence-corrected chi connectivity index (χ1v) is 4.61. The van der Waals surface area contributed by atoms with Crippen LogP contribution in [0.25, 0.3) is 0 Å². The highest BCUT2D eigenvalue weighted by Gasteiger charge is 2.16. The van der Waals surface area contributed by atoms with E-state index in [1.165, 1.54) is 12.1 Å². The average Bonchev–Trinajstić information content (AvgIpc) is 2.17. The smallest absolute Gasteiger partial charge is 0.292 e. The number of halogens is 1. The van der Waals surface area contributed by atoms with Crippen LogP contribution in [0.5, 0.6) is 0 Å². The quantitative estimate of drug-likeness (QED) is 0.606. The summed E-state index contributed by atoms with van der Waals surface area (Å²) in [5.41, 5.74) is 0.189. The fraction of sp³-hybridized carbons (Fsp3) is 0.273. The summed E-state index contributed by atoms with van der Waals surface area (Å²) in [6.45, 7) is 3.52. The van der Waals surface area contributed by atoms with Gasteiger partial charge in [-0.1, -0.05) is 0 Å². The first-order valence-electron chi connectivity index (χ1n) is 4.61. The summed E-state index contributed by atoms with van der Waals surface area (Å²) in [5, 5.41) is 2.47. The second-order valence-corrected chi connectivity index (χ2v) is 3.46. The van der Waals surface area contributed by atoms with Gasteiger partial charge in [0.15, 0.2) is 0 Å². The molecule has 1 amide bonds. The van der Waals surface area contributed by atoms with Crippen LogP contribution in [-0.4, -0.2) is 17.7 Å². The summed E-state index contributed by atoms with van der Waals surface area (Å²) in [4.78, 5) is 22.7. The van der Waals surface area contributed by atoms with E-state index in [-0.39, 0.29) is 11.6 Å². The second kappa shape index (κ2) is 4.68. The number of hydrogen-bond acceptors (Lipinski definition) is 2. The molecule has 0 radical (unpaired) electrons. The zero-order valence-electron chi connectivity index (χ0n) is 8.58. The van der Waals surface area contributed by atoms with Crippen molar-refractivity contribution in [3.63, 3.8) is 0 Å². The number of carbonyl (C=O) groups is 2. The lowest BCUT2D eigenvalue weighted by molar-refractivity contribution is -0.117. The molecule has 4 heteroatoms. The van der Waals surface area contributed by atoms with Gasteiger partial charge in [-0.25, -0.2) is 4.39 Å². The van der Waals surface area contributed by atoms with Crippen LogP contribution in [0, 0.1) is 5.82 Å². The molecule has 0 aliphatic heterocycles. The highest BCUT2D eigenvalue weighted by Crippen LogP contribution is 2.03. The number of rotatable bonds is 3. The maximum absolute atomic E-state index is 12.5. The van der Waals surface area contributed by atoms with Gasteiger partial charge in [-0.2, -0.15) is 0 Å². The molecule has 1 rings (SSSR count). The highest BCUT2D eigenvalue weighted by atomic mass is 19.1. The standard InChI is InChI=1S/C11H12FNO2/c1-7(2)13-11(15)10(14)8-3-5-9(12)6-4-8/h3-7H,1-2H3,(H,13,15). The summed E-state index contributed by atoms with van der Waals surface area (Å²) in [6, 6.07) is 4.78. The van der Waals surface area contributed by atoms with Gasteiger partial charge in [-0.05, 0) is 38.1 Å². The largest absolute Gasteiger partial charge is 0.347 e. The number of carbonyl (C=O) groups excluding carboxylic acids is 2. The minimum absolute atomic E-state index is 0.0955. The van der Waals surface area contributed by atoms with E-state index in [2.05, 4.69) is 5.32 Å². The molecular formula is C11H12FNO2. The van der Waals surface area contributed by atoms with Gasteiger partial charge >= 0.3 is 0 Å². The van der Waals surface area contributed by atoms with Crippen molar-refractivity contribution in [3.8, 4) is 0 Å². The lowest BCUT2D eigenvalue weighted by Crippen LogP contribution is -2.35. The van der Waals surface area contributed by atoms with Gasteiger partial charge in [0, 0.05) is 11.6 Å². The molecule has 0 aliphatic rings. The normalized spacial score (nSPS) is 10.1. The van der Waals surface area contributed by atoms with Crippen molar-refractivity contribution in [2.24, 2.45) is 0 Å². The van der Waals surface area contributed by atoms with Gasteiger partial charge in [-0.15, -0.1) is 0 Å². The van der Waals surface area contributed by atoms with Crippen molar-refractivity contribution in [1.82, 2.24) is 5.32 Å². The van der Waals surface area contributed by atoms with Crippen LogP contribution >= 0.6 is 0 Å². The van der Waals surface area contributed by atoms with E-state index >= 15 is 0 Å². The predicted octanol–water partition coefficient (Wildman–Crippen LogP) is 1.53. The van der Waals surface area contributed by atoms with E-state index < -0.39 is 17.5 Å². The molecule has 0 saturated carbocycles. The fourth-order valence-corrected chi connectivity index (χ4v) is 1.06. The Balaban J connectivity index is 2.76. The van der Waals surface area contributed by atoms with Crippen molar-refractivity contribution in [1.29, 1.82) is 0 Å². The van der Waals surface area contributed by atoms with Crippen LogP contribution < -0.4 is 5.32 Å². The Morgan fingerprint density at radius 1 is 1.20 bits per heavy atom. The van der Waals surface area contributed by atoms with E-state index in [0.29, 0.717) is 0 Å². The van der Waals surface area contributed by atoms with Crippen LogP contribution in [0.2, 0.25) is 0 Å². The lowest BCUT2D eigenvalue weighted by atomic mass is 10.1. The predicted molar refractivity (Wildman–Crippen MR) is 54.0 cm³/mol. The molecule has 0 aromatic heterocycles. The van der Waals surface area contributed by atoms with E-state index in [1.807, 2.05) is 0 Å². The van der Waals surface area contributed by atoms with Crippen LogP contribution in [0.15, 0.2) is 24.3 Å². The molecule has 1 N–H and O–H groups in total. The molecular weight excluding hydrogens is 197 g/mol. The number of nitrogens with one attached hydrogen (secondary N) is 1. The van der Waals surface area contributed by atoms with Crippen molar-refractivity contribution in [3.05, 3.63) is 35.6 Å².